The number of hydrogen-bond donors (Lipinski definition) is 1. The summed E-state index contributed by atoms with van der Waals surface area (Å²) in [7, 11) is 0. The Hall–Kier alpha value is -1.05. The maximum absolute atomic E-state index is 11.9. The fourth-order valence-electron chi connectivity index (χ4n) is 1.04. The summed E-state index contributed by atoms with van der Waals surface area (Å²) in [5.41, 5.74) is 0.484. The van der Waals surface area contributed by atoms with Crippen molar-refractivity contribution in [3.63, 3.8) is 0 Å². The minimum Gasteiger partial charge on any atom is -0.326 e. The molecule has 0 spiro atoms. The van der Waals surface area contributed by atoms with Gasteiger partial charge in [0.05, 0.1) is 16.0 Å². The van der Waals surface area contributed by atoms with Gasteiger partial charge in [-0.2, -0.15) is 5.26 Å². The van der Waals surface area contributed by atoms with Gasteiger partial charge in [0.2, 0.25) is 5.91 Å². The van der Waals surface area contributed by atoms with E-state index in [1.165, 1.54) is 0 Å². The van der Waals surface area contributed by atoms with Gasteiger partial charge in [0, 0.05) is 11.0 Å². The lowest BCUT2D eigenvalue weighted by Crippen LogP contribution is -2.32. The van der Waals surface area contributed by atoms with Crippen LogP contribution in [0.4, 0.5) is 5.69 Å². The van der Waals surface area contributed by atoms with Gasteiger partial charge < -0.3 is 5.32 Å². The molecule has 0 aliphatic rings. The third-order valence-electron chi connectivity index (χ3n) is 2.30. The van der Waals surface area contributed by atoms with Gasteiger partial charge in [-0.1, -0.05) is 41.4 Å². The van der Waals surface area contributed by atoms with Crippen LogP contribution in [0.3, 0.4) is 0 Å². The molecular formula is C12H12BrClN2O. The quantitative estimate of drug-likeness (QED) is 0.867. The number of rotatable bonds is 3. The van der Waals surface area contributed by atoms with E-state index < -0.39 is 5.41 Å². The second-order valence-corrected chi connectivity index (χ2v) is 5.25. The molecule has 0 aromatic heterocycles. The molecular weight excluding hydrogens is 304 g/mol. The molecule has 0 atom stereocenters. The van der Waals surface area contributed by atoms with Crippen molar-refractivity contribution in [2.75, 3.05) is 10.6 Å². The van der Waals surface area contributed by atoms with Crippen LogP contribution in [0, 0.1) is 16.7 Å². The highest BCUT2D eigenvalue weighted by Gasteiger charge is 2.26. The largest absolute Gasteiger partial charge is 0.326 e. The fraction of sp³-hybridized carbons (Fsp3) is 0.333. The number of nitrogens with zero attached hydrogens (tertiary/aromatic N) is 1. The summed E-state index contributed by atoms with van der Waals surface area (Å²) in [5, 5.41) is 12.4. The average Bonchev–Trinajstić information content (AvgIpc) is 2.29. The monoisotopic (exact) mass is 314 g/mol. The molecule has 0 bridgehead atoms. The molecule has 0 heterocycles. The molecule has 0 fully saturated rings. The number of nitriles is 1. The molecule has 1 rings (SSSR count). The predicted molar refractivity (Wildman–Crippen MR) is 72.4 cm³/mol. The third-order valence-corrected chi connectivity index (χ3v) is 4.01. The predicted octanol–water partition coefficient (Wildman–Crippen LogP) is 3.57. The maximum Gasteiger partial charge on any atom is 0.230 e. The van der Waals surface area contributed by atoms with E-state index >= 15 is 0 Å². The van der Waals surface area contributed by atoms with Gasteiger partial charge >= 0.3 is 0 Å². The summed E-state index contributed by atoms with van der Waals surface area (Å²) in [5.74, 6) is -0.102. The Morgan fingerprint density at radius 3 is 2.71 bits per heavy atom. The van der Waals surface area contributed by atoms with Crippen LogP contribution in [-0.4, -0.2) is 11.2 Å². The molecule has 0 saturated carbocycles. The summed E-state index contributed by atoms with van der Waals surface area (Å²) >= 11 is 9.17. The number of anilines is 1. The zero-order chi connectivity index (χ0) is 13.1. The van der Waals surface area contributed by atoms with Gasteiger partial charge in [-0.05, 0) is 18.2 Å². The Balaban J connectivity index is 2.88. The average molecular weight is 316 g/mol. The van der Waals surface area contributed by atoms with Gasteiger partial charge in [-0.15, -0.1) is 0 Å². The summed E-state index contributed by atoms with van der Waals surface area (Å²) < 4.78 is 0. The molecule has 5 heteroatoms. The Morgan fingerprint density at radius 2 is 2.24 bits per heavy atom. The lowest BCUT2D eigenvalue weighted by molar-refractivity contribution is -0.122. The molecule has 1 aromatic carbocycles. The molecule has 0 aliphatic carbocycles. The highest BCUT2D eigenvalue weighted by atomic mass is 79.9. The minimum absolute atomic E-state index is 0.102. The maximum atomic E-state index is 11.9. The van der Waals surface area contributed by atoms with Crippen molar-refractivity contribution in [3.8, 4) is 6.07 Å². The van der Waals surface area contributed by atoms with Crippen molar-refractivity contribution in [2.45, 2.75) is 13.8 Å². The van der Waals surface area contributed by atoms with Crippen LogP contribution < -0.4 is 5.32 Å². The van der Waals surface area contributed by atoms with Crippen LogP contribution in [0.5, 0.6) is 0 Å². The van der Waals surface area contributed by atoms with Crippen LogP contribution >= 0.6 is 27.5 Å². The van der Waals surface area contributed by atoms with E-state index in [0.717, 1.165) is 0 Å². The normalized spacial score (nSPS) is 10.8. The molecule has 0 saturated heterocycles. The number of alkyl halides is 1. The van der Waals surface area contributed by atoms with E-state index in [1.54, 1.807) is 18.2 Å². The molecule has 1 N–H and O–H groups in total. The van der Waals surface area contributed by atoms with Crippen molar-refractivity contribution in [1.29, 1.82) is 5.26 Å². The Bertz CT molecular complexity index is 480. The molecule has 0 radical (unpaired) electrons. The topological polar surface area (TPSA) is 52.9 Å². The number of amides is 1. The number of nitrogens with one attached hydrogen (secondary N) is 1. The van der Waals surface area contributed by atoms with E-state index in [4.69, 9.17) is 16.9 Å². The first-order valence-electron chi connectivity index (χ1n) is 4.98. The molecule has 1 aromatic rings. The standard InChI is InChI=1S/C12H12BrClN2O/c1-12(2,7-13)11(17)16-9-4-3-8(6-15)10(14)5-9/h3-5H,7H2,1-2H3,(H,16,17). The van der Waals surface area contributed by atoms with Crippen LogP contribution in [-0.2, 0) is 4.79 Å². The minimum atomic E-state index is -0.500. The van der Waals surface area contributed by atoms with Crippen LogP contribution in [0.1, 0.15) is 19.4 Å². The van der Waals surface area contributed by atoms with Crippen LogP contribution in [0.2, 0.25) is 5.02 Å². The van der Waals surface area contributed by atoms with Crippen LogP contribution in [0.25, 0.3) is 0 Å². The fourth-order valence-corrected chi connectivity index (χ4v) is 1.52. The van der Waals surface area contributed by atoms with Gasteiger partial charge in [0.1, 0.15) is 6.07 Å². The Kier molecular flexibility index (Phi) is 4.55. The highest BCUT2D eigenvalue weighted by molar-refractivity contribution is 9.09. The first kappa shape index (κ1) is 14.0. The number of carbonyl (C=O) groups excluding carboxylic acids is 1. The first-order valence-corrected chi connectivity index (χ1v) is 6.47. The Morgan fingerprint density at radius 1 is 1.59 bits per heavy atom. The summed E-state index contributed by atoms with van der Waals surface area (Å²) in [6.07, 6.45) is 0. The Labute approximate surface area is 114 Å². The zero-order valence-electron chi connectivity index (χ0n) is 9.55. The molecule has 0 aliphatic heterocycles. The van der Waals surface area contributed by atoms with Gasteiger partial charge in [-0.25, -0.2) is 0 Å². The summed E-state index contributed by atoms with van der Waals surface area (Å²) in [6.45, 7) is 3.67. The van der Waals surface area contributed by atoms with Crippen molar-refractivity contribution in [2.24, 2.45) is 5.41 Å². The SMILES string of the molecule is CC(C)(CBr)C(=O)Nc1ccc(C#N)c(Cl)c1. The second-order valence-electron chi connectivity index (χ2n) is 4.28. The van der Waals surface area contributed by atoms with E-state index in [0.29, 0.717) is 21.6 Å². The lowest BCUT2D eigenvalue weighted by atomic mass is 9.95. The van der Waals surface area contributed by atoms with E-state index in [1.807, 2.05) is 19.9 Å². The van der Waals surface area contributed by atoms with Crippen molar-refractivity contribution >= 4 is 39.1 Å². The van der Waals surface area contributed by atoms with Crippen LogP contribution in [0.15, 0.2) is 18.2 Å². The zero-order valence-corrected chi connectivity index (χ0v) is 11.9. The van der Waals surface area contributed by atoms with E-state index in [-0.39, 0.29) is 5.91 Å². The molecule has 3 nitrogen and oxygen atoms in total. The second kappa shape index (κ2) is 5.52. The lowest BCUT2D eigenvalue weighted by Gasteiger charge is -2.20. The summed E-state index contributed by atoms with van der Waals surface area (Å²) in [6, 6.07) is 6.78. The van der Waals surface area contributed by atoms with Gasteiger partial charge in [0.15, 0.2) is 0 Å². The number of halogens is 2. The summed E-state index contributed by atoms with van der Waals surface area (Å²) in [4.78, 5) is 11.9. The van der Waals surface area contributed by atoms with Crippen molar-refractivity contribution < 1.29 is 4.79 Å². The van der Waals surface area contributed by atoms with Crippen molar-refractivity contribution in [3.05, 3.63) is 28.8 Å². The molecule has 17 heavy (non-hydrogen) atoms. The van der Waals surface area contributed by atoms with E-state index in [9.17, 15) is 4.79 Å². The highest BCUT2D eigenvalue weighted by Crippen LogP contribution is 2.24. The first-order chi connectivity index (χ1) is 7.90. The van der Waals surface area contributed by atoms with E-state index in [2.05, 4.69) is 21.2 Å². The molecule has 90 valence electrons. The van der Waals surface area contributed by atoms with Gasteiger partial charge in [-0.3, -0.25) is 4.79 Å². The number of carbonyl (C=O) groups is 1. The smallest absolute Gasteiger partial charge is 0.230 e. The number of benzene rings is 1. The molecule has 1 amide bonds. The molecule has 0 unspecified atom stereocenters. The third kappa shape index (κ3) is 3.45. The van der Waals surface area contributed by atoms with Gasteiger partial charge in [0.25, 0.3) is 0 Å². The van der Waals surface area contributed by atoms with Crippen molar-refractivity contribution in [1.82, 2.24) is 0 Å². The number of hydrogen-bond acceptors (Lipinski definition) is 2.